The molecule has 142 valence electrons. The third-order valence-electron chi connectivity index (χ3n) is 3.84. The highest BCUT2D eigenvalue weighted by Gasteiger charge is 2.18. The van der Waals surface area contributed by atoms with Crippen molar-refractivity contribution in [3.05, 3.63) is 17.7 Å². The number of carbonyl (C=O) groups excluding carboxylic acids is 1. The smallest absolute Gasteiger partial charge is 0.130 e. The average Bonchev–Trinajstić information content (AvgIpc) is 2.58. The lowest BCUT2D eigenvalue weighted by Gasteiger charge is -2.20. The molecular formula is C19H31NO5. The molecule has 25 heavy (non-hydrogen) atoms. The SMILES string of the molecule is COc1cc(OC)c(C[C@@H](C)CC=O)c(OCC(O)CNC(C)C)c1. The van der Waals surface area contributed by atoms with Gasteiger partial charge in [0.15, 0.2) is 0 Å². The van der Waals surface area contributed by atoms with Crippen LogP contribution in [0.2, 0.25) is 0 Å². The largest absolute Gasteiger partial charge is 0.496 e. The minimum absolute atomic E-state index is 0.158. The van der Waals surface area contributed by atoms with Gasteiger partial charge >= 0.3 is 0 Å². The van der Waals surface area contributed by atoms with Gasteiger partial charge in [0.25, 0.3) is 0 Å². The molecule has 0 amide bonds. The molecule has 2 N–H and O–H groups in total. The molecule has 0 aromatic heterocycles. The number of hydrogen-bond donors (Lipinski definition) is 2. The highest BCUT2D eigenvalue weighted by atomic mass is 16.5. The quantitative estimate of drug-likeness (QED) is 0.561. The van der Waals surface area contributed by atoms with Crippen molar-refractivity contribution >= 4 is 6.29 Å². The maximum atomic E-state index is 10.8. The first-order valence-corrected chi connectivity index (χ1v) is 8.64. The fraction of sp³-hybridized carbons (Fsp3) is 0.632. The third-order valence-corrected chi connectivity index (χ3v) is 3.84. The third kappa shape index (κ3) is 7.32. The molecule has 0 aliphatic heterocycles. The van der Waals surface area contributed by atoms with E-state index >= 15 is 0 Å². The molecular weight excluding hydrogens is 322 g/mol. The van der Waals surface area contributed by atoms with Gasteiger partial charge in [-0.2, -0.15) is 0 Å². The van der Waals surface area contributed by atoms with E-state index in [4.69, 9.17) is 14.2 Å². The van der Waals surface area contributed by atoms with E-state index in [1.807, 2.05) is 20.8 Å². The first-order chi connectivity index (χ1) is 11.9. The number of aliphatic hydroxyl groups is 1. The number of carbonyl (C=O) groups is 1. The number of aldehydes is 1. The molecule has 1 rings (SSSR count). The van der Waals surface area contributed by atoms with Crippen molar-refractivity contribution in [1.82, 2.24) is 5.32 Å². The number of rotatable bonds is 12. The van der Waals surface area contributed by atoms with E-state index < -0.39 is 6.10 Å². The summed E-state index contributed by atoms with van der Waals surface area (Å²) in [4.78, 5) is 10.8. The van der Waals surface area contributed by atoms with E-state index in [1.165, 1.54) is 0 Å². The summed E-state index contributed by atoms with van der Waals surface area (Å²) >= 11 is 0. The van der Waals surface area contributed by atoms with Crippen molar-refractivity contribution in [3.8, 4) is 17.2 Å². The normalized spacial score (nSPS) is 13.4. The lowest BCUT2D eigenvalue weighted by atomic mass is 9.97. The maximum absolute atomic E-state index is 10.8. The van der Waals surface area contributed by atoms with E-state index in [1.54, 1.807) is 26.4 Å². The monoisotopic (exact) mass is 353 g/mol. The summed E-state index contributed by atoms with van der Waals surface area (Å²) in [6, 6.07) is 3.88. The number of benzene rings is 1. The standard InChI is InChI=1S/C19H31NO5/c1-13(2)20-11-15(22)12-25-19-10-16(23-4)9-18(24-5)17(19)8-14(3)6-7-21/h7,9-10,13-15,20,22H,6,8,11-12H2,1-5H3/t14-,15?/m0/s1. The van der Waals surface area contributed by atoms with E-state index in [0.717, 1.165) is 11.8 Å². The van der Waals surface area contributed by atoms with Crippen LogP contribution in [0, 0.1) is 5.92 Å². The van der Waals surface area contributed by atoms with Crippen molar-refractivity contribution < 1.29 is 24.1 Å². The molecule has 0 aliphatic rings. The van der Waals surface area contributed by atoms with Gasteiger partial charge < -0.3 is 29.4 Å². The molecule has 0 bridgehead atoms. The fourth-order valence-corrected chi connectivity index (χ4v) is 2.44. The molecule has 0 spiro atoms. The number of methoxy groups -OCH3 is 2. The molecule has 1 aromatic carbocycles. The molecule has 1 unspecified atom stereocenters. The van der Waals surface area contributed by atoms with Gasteiger partial charge in [-0.15, -0.1) is 0 Å². The van der Waals surface area contributed by atoms with Crippen molar-refractivity contribution in [2.75, 3.05) is 27.4 Å². The van der Waals surface area contributed by atoms with Crippen LogP contribution in [-0.2, 0) is 11.2 Å². The lowest BCUT2D eigenvalue weighted by molar-refractivity contribution is -0.108. The van der Waals surface area contributed by atoms with Gasteiger partial charge in [0, 0.05) is 36.7 Å². The zero-order chi connectivity index (χ0) is 18.8. The summed E-state index contributed by atoms with van der Waals surface area (Å²) in [5.41, 5.74) is 0.877. The first kappa shape index (κ1) is 21.3. The van der Waals surface area contributed by atoms with Crippen LogP contribution in [0.15, 0.2) is 12.1 Å². The van der Waals surface area contributed by atoms with Crippen LogP contribution in [-0.4, -0.2) is 50.9 Å². The minimum Gasteiger partial charge on any atom is -0.496 e. The van der Waals surface area contributed by atoms with Crippen LogP contribution in [0.25, 0.3) is 0 Å². The number of hydrogen-bond acceptors (Lipinski definition) is 6. The Labute approximate surface area is 150 Å². The van der Waals surface area contributed by atoms with Gasteiger partial charge in [-0.25, -0.2) is 0 Å². The van der Waals surface area contributed by atoms with E-state index in [0.29, 0.717) is 42.7 Å². The van der Waals surface area contributed by atoms with Crippen molar-refractivity contribution in [2.45, 2.75) is 45.8 Å². The maximum Gasteiger partial charge on any atom is 0.130 e. The molecule has 0 heterocycles. The molecule has 0 aliphatic carbocycles. The predicted octanol–water partition coefficient (Wildman–Crippen LogP) is 2.21. The van der Waals surface area contributed by atoms with Crippen LogP contribution in [0.1, 0.15) is 32.8 Å². The lowest BCUT2D eigenvalue weighted by Crippen LogP contribution is -2.35. The highest BCUT2D eigenvalue weighted by Crippen LogP contribution is 2.36. The van der Waals surface area contributed by atoms with E-state index in [-0.39, 0.29) is 12.5 Å². The van der Waals surface area contributed by atoms with Gasteiger partial charge in [-0.1, -0.05) is 20.8 Å². The zero-order valence-corrected chi connectivity index (χ0v) is 15.9. The first-order valence-electron chi connectivity index (χ1n) is 8.64. The summed E-state index contributed by atoms with van der Waals surface area (Å²) in [6.45, 7) is 6.66. The minimum atomic E-state index is -0.625. The summed E-state index contributed by atoms with van der Waals surface area (Å²) < 4.78 is 16.6. The van der Waals surface area contributed by atoms with Gasteiger partial charge in [0.1, 0.15) is 36.2 Å². The Bertz CT molecular complexity index is 533. The van der Waals surface area contributed by atoms with Gasteiger partial charge in [0.2, 0.25) is 0 Å². The second kappa shape index (κ2) is 10.9. The van der Waals surface area contributed by atoms with Crippen LogP contribution < -0.4 is 19.5 Å². The Morgan fingerprint density at radius 2 is 1.84 bits per heavy atom. The summed E-state index contributed by atoms with van der Waals surface area (Å²) in [5, 5.41) is 13.2. The fourth-order valence-electron chi connectivity index (χ4n) is 2.44. The zero-order valence-electron chi connectivity index (χ0n) is 15.9. The molecule has 1 aromatic rings. The van der Waals surface area contributed by atoms with Crippen molar-refractivity contribution in [2.24, 2.45) is 5.92 Å². The van der Waals surface area contributed by atoms with Crippen LogP contribution in [0.4, 0.5) is 0 Å². The Hall–Kier alpha value is -1.79. The van der Waals surface area contributed by atoms with Crippen molar-refractivity contribution in [3.63, 3.8) is 0 Å². The predicted molar refractivity (Wildman–Crippen MR) is 97.7 cm³/mol. The molecule has 0 fully saturated rings. The van der Waals surface area contributed by atoms with Crippen molar-refractivity contribution in [1.29, 1.82) is 0 Å². The Kier molecular flexibility index (Phi) is 9.31. The summed E-state index contributed by atoms with van der Waals surface area (Å²) in [6.07, 6.45) is 1.40. The van der Waals surface area contributed by atoms with Crippen LogP contribution >= 0.6 is 0 Å². The highest BCUT2D eigenvalue weighted by molar-refractivity contribution is 5.53. The number of aliphatic hydroxyl groups excluding tert-OH is 1. The van der Waals surface area contributed by atoms with Gasteiger partial charge in [0.05, 0.1) is 14.2 Å². The number of nitrogens with one attached hydrogen (secondary N) is 1. The van der Waals surface area contributed by atoms with E-state index in [9.17, 15) is 9.90 Å². The summed E-state index contributed by atoms with van der Waals surface area (Å²) in [5.74, 6) is 2.04. The molecule has 6 nitrogen and oxygen atoms in total. The van der Waals surface area contributed by atoms with Crippen LogP contribution in [0.5, 0.6) is 17.2 Å². The molecule has 6 heteroatoms. The molecule has 0 saturated heterocycles. The Morgan fingerprint density at radius 3 is 2.40 bits per heavy atom. The Balaban J connectivity index is 2.94. The second-order valence-corrected chi connectivity index (χ2v) is 6.55. The Morgan fingerprint density at radius 1 is 1.16 bits per heavy atom. The topological polar surface area (TPSA) is 77.0 Å². The molecule has 0 saturated carbocycles. The van der Waals surface area contributed by atoms with E-state index in [2.05, 4.69) is 5.32 Å². The number of ether oxygens (including phenoxy) is 3. The second-order valence-electron chi connectivity index (χ2n) is 6.55. The van der Waals surface area contributed by atoms with Gasteiger partial charge in [-0.05, 0) is 12.3 Å². The van der Waals surface area contributed by atoms with Gasteiger partial charge in [-0.3, -0.25) is 0 Å². The average molecular weight is 353 g/mol. The summed E-state index contributed by atoms with van der Waals surface area (Å²) in [7, 11) is 3.17. The molecule has 0 radical (unpaired) electrons. The van der Waals surface area contributed by atoms with Crippen LogP contribution in [0.3, 0.4) is 0 Å². The molecule has 2 atom stereocenters.